The molecule has 0 radical (unpaired) electrons. The largest absolute Gasteiger partial charge is 0.492 e. The lowest BCUT2D eigenvalue weighted by Crippen LogP contribution is -2.20. The van der Waals surface area contributed by atoms with Crippen molar-refractivity contribution in [3.63, 3.8) is 0 Å². The Labute approximate surface area is 124 Å². The van der Waals surface area contributed by atoms with Gasteiger partial charge in [0.15, 0.2) is 0 Å². The first-order valence-corrected chi connectivity index (χ1v) is 7.18. The van der Waals surface area contributed by atoms with Gasteiger partial charge >= 0.3 is 0 Å². The number of rotatable bonds is 6. The van der Waals surface area contributed by atoms with E-state index in [-0.39, 0.29) is 0 Å². The molecule has 0 fully saturated rings. The van der Waals surface area contributed by atoms with E-state index in [0.29, 0.717) is 6.61 Å². The molecule has 0 bridgehead atoms. The van der Waals surface area contributed by atoms with Crippen LogP contribution in [-0.2, 0) is 6.54 Å². The molecule has 0 saturated carbocycles. The predicted octanol–water partition coefficient (Wildman–Crippen LogP) is 3.91. The zero-order chi connectivity index (χ0) is 14.5. The summed E-state index contributed by atoms with van der Waals surface area (Å²) in [7, 11) is 0. The van der Waals surface area contributed by atoms with Gasteiger partial charge in [0.05, 0.1) is 6.26 Å². The average molecular weight is 281 g/mol. The topological polar surface area (TPSA) is 34.4 Å². The molecule has 3 heteroatoms. The molecular weight excluding hydrogens is 262 g/mol. The van der Waals surface area contributed by atoms with Gasteiger partial charge in [-0.15, -0.1) is 0 Å². The van der Waals surface area contributed by atoms with Gasteiger partial charge in [-0.3, -0.25) is 0 Å². The van der Waals surface area contributed by atoms with Crippen molar-refractivity contribution in [2.24, 2.45) is 0 Å². The van der Waals surface area contributed by atoms with E-state index in [2.05, 4.69) is 24.4 Å². The van der Waals surface area contributed by atoms with Crippen molar-refractivity contribution < 1.29 is 9.15 Å². The van der Waals surface area contributed by atoms with Crippen molar-refractivity contribution in [1.82, 2.24) is 5.32 Å². The Balaban J connectivity index is 1.46. The molecule has 0 aliphatic heterocycles. The molecule has 1 N–H and O–H groups in total. The van der Waals surface area contributed by atoms with Gasteiger partial charge < -0.3 is 14.5 Å². The number of furan rings is 1. The highest BCUT2D eigenvalue weighted by atomic mass is 16.5. The maximum absolute atomic E-state index is 5.71. The molecule has 0 aliphatic carbocycles. The summed E-state index contributed by atoms with van der Waals surface area (Å²) >= 11 is 0. The molecule has 0 spiro atoms. The third-order valence-electron chi connectivity index (χ3n) is 3.41. The highest BCUT2D eigenvalue weighted by Gasteiger charge is 2.03. The van der Waals surface area contributed by atoms with Gasteiger partial charge in [0, 0.05) is 24.0 Å². The maximum Gasteiger partial charge on any atom is 0.134 e. The Hall–Kier alpha value is -2.26. The van der Waals surface area contributed by atoms with E-state index in [4.69, 9.17) is 9.15 Å². The van der Waals surface area contributed by atoms with Gasteiger partial charge in [-0.1, -0.05) is 30.3 Å². The monoisotopic (exact) mass is 281 g/mol. The molecule has 108 valence electrons. The van der Waals surface area contributed by atoms with Crippen molar-refractivity contribution in [2.45, 2.75) is 13.5 Å². The van der Waals surface area contributed by atoms with Gasteiger partial charge in [0.1, 0.15) is 17.9 Å². The normalized spacial score (nSPS) is 10.9. The van der Waals surface area contributed by atoms with Gasteiger partial charge in [-0.25, -0.2) is 0 Å². The number of nitrogens with one attached hydrogen (secondary N) is 1. The number of fused-ring (bicyclic) bond motifs is 1. The van der Waals surface area contributed by atoms with E-state index in [1.807, 2.05) is 42.7 Å². The van der Waals surface area contributed by atoms with Crippen molar-refractivity contribution in [1.29, 1.82) is 0 Å². The Morgan fingerprint density at radius 1 is 1.10 bits per heavy atom. The number of aryl methyl sites for hydroxylation is 1. The molecule has 0 atom stereocenters. The van der Waals surface area contributed by atoms with E-state index in [9.17, 15) is 0 Å². The molecule has 2 aromatic carbocycles. The SMILES string of the molecule is Cc1cccc(OCCNCc2coc3ccccc23)c1. The van der Waals surface area contributed by atoms with Crippen LogP contribution in [0.1, 0.15) is 11.1 Å². The Morgan fingerprint density at radius 3 is 2.90 bits per heavy atom. The van der Waals surface area contributed by atoms with Crippen molar-refractivity contribution >= 4 is 11.0 Å². The number of para-hydroxylation sites is 1. The number of benzene rings is 2. The Bertz CT molecular complexity index is 718. The summed E-state index contributed by atoms with van der Waals surface area (Å²) in [5, 5.41) is 4.55. The zero-order valence-electron chi connectivity index (χ0n) is 12.1. The third kappa shape index (κ3) is 3.44. The second-order valence-electron chi connectivity index (χ2n) is 5.10. The lowest BCUT2D eigenvalue weighted by Gasteiger charge is -2.07. The van der Waals surface area contributed by atoms with E-state index < -0.39 is 0 Å². The summed E-state index contributed by atoms with van der Waals surface area (Å²) in [5.74, 6) is 0.922. The van der Waals surface area contributed by atoms with E-state index in [1.165, 1.54) is 16.5 Å². The van der Waals surface area contributed by atoms with Crippen molar-refractivity contribution in [3.05, 3.63) is 65.9 Å². The highest BCUT2D eigenvalue weighted by Crippen LogP contribution is 2.20. The first kappa shape index (κ1) is 13.7. The quantitative estimate of drug-likeness (QED) is 0.696. The van der Waals surface area contributed by atoms with Crippen LogP contribution in [0.15, 0.2) is 59.2 Å². The van der Waals surface area contributed by atoms with Crippen molar-refractivity contribution in [3.8, 4) is 5.75 Å². The minimum absolute atomic E-state index is 0.652. The second-order valence-corrected chi connectivity index (χ2v) is 5.10. The summed E-state index contributed by atoms with van der Waals surface area (Å²) < 4.78 is 11.2. The Kier molecular flexibility index (Phi) is 4.22. The first-order chi connectivity index (χ1) is 10.3. The van der Waals surface area contributed by atoms with E-state index in [0.717, 1.165) is 24.4 Å². The Morgan fingerprint density at radius 2 is 2.00 bits per heavy atom. The van der Waals surface area contributed by atoms with Crippen LogP contribution < -0.4 is 10.1 Å². The van der Waals surface area contributed by atoms with Crippen LogP contribution in [-0.4, -0.2) is 13.2 Å². The molecule has 1 aromatic heterocycles. The molecule has 21 heavy (non-hydrogen) atoms. The van der Waals surface area contributed by atoms with Gasteiger partial charge in [-0.05, 0) is 30.7 Å². The maximum atomic E-state index is 5.71. The molecule has 3 aromatic rings. The van der Waals surface area contributed by atoms with Crippen molar-refractivity contribution in [2.75, 3.05) is 13.2 Å². The van der Waals surface area contributed by atoms with Crippen LogP contribution in [0.3, 0.4) is 0 Å². The second kappa shape index (κ2) is 6.46. The van der Waals surface area contributed by atoms with Gasteiger partial charge in [-0.2, -0.15) is 0 Å². The zero-order valence-corrected chi connectivity index (χ0v) is 12.1. The summed E-state index contributed by atoms with van der Waals surface area (Å²) in [6, 6.07) is 16.2. The van der Waals surface area contributed by atoms with Crippen LogP contribution in [0.4, 0.5) is 0 Å². The number of hydrogen-bond donors (Lipinski definition) is 1. The van der Waals surface area contributed by atoms with Crippen LogP contribution in [0.2, 0.25) is 0 Å². The highest BCUT2D eigenvalue weighted by molar-refractivity contribution is 5.80. The molecule has 0 aliphatic rings. The molecule has 0 saturated heterocycles. The van der Waals surface area contributed by atoms with Crippen LogP contribution in [0.25, 0.3) is 11.0 Å². The minimum Gasteiger partial charge on any atom is -0.492 e. The molecule has 0 amide bonds. The fraction of sp³-hybridized carbons (Fsp3) is 0.222. The summed E-state index contributed by atoms with van der Waals surface area (Å²) in [6.45, 7) is 4.30. The summed E-state index contributed by atoms with van der Waals surface area (Å²) in [4.78, 5) is 0. The van der Waals surface area contributed by atoms with Gasteiger partial charge in [0.2, 0.25) is 0 Å². The smallest absolute Gasteiger partial charge is 0.134 e. The molecule has 0 unspecified atom stereocenters. The standard InChI is InChI=1S/C18H19NO2/c1-14-5-4-6-16(11-14)20-10-9-19-12-15-13-21-18-8-3-2-7-17(15)18/h2-8,11,13,19H,9-10,12H2,1H3. The summed E-state index contributed by atoms with van der Waals surface area (Å²) in [5.41, 5.74) is 3.33. The lowest BCUT2D eigenvalue weighted by molar-refractivity contribution is 0.313. The first-order valence-electron chi connectivity index (χ1n) is 7.18. The number of ether oxygens (including phenoxy) is 1. The average Bonchev–Trinajstić information content (AvgIpc) is 2.90. The summed E-state index contributed by atoms with van der Waals surface area (Å²) in [6.07, 6.45) is 1.82. The van der Waals surface area contributed by atoms with E-state index in [1.54, 1.807) is 0 Å². The van der Waals surface area contributed by atoms with Crippen LogP contribution in [0.5, 0.6) is 5.75 Å². The molecule has 3 rings (SSSR count). The number of hydrogen-bond acceptors (Lipinski definition) is 3. The minimum atomic E-state index is 0.652. The van der Waals surface area contributed by atoms with E-state index >= 15 is 0 Å². The molecular formula is C18H19NO2. The molecule has 3 nitrogen and oxygen atoms in total. The van der Waals surface area contributed by atoms with Crippen LogP contribution >= 0.6 is 0 Å². The fourth-order valence-corrected chi connectivity index (χ4v) is 2.34. The molecule has 1 heterocycles. The fourth-order valence-electron chi connectivity index (χ4n) is 2.34. The van der Waals surface area contributed by atoms with Crippen LogP contribution in [0, 0.1) is 6.92 Å². The third-order valence-corrected chi connectivity index (χ3v) is 3.41. The predicted molar refractivity (Wildman–Crippen MR) is 84.6 cm³/mol. The van der Waals surface area contributed by atoms with Gasteiger partial charge in [0.25, 0.3) is 0 Å². The lowest BCUT2D eigenvalue weighted by atomic mass is 10.2.